The minimum Gasteiger partial charge on any atom is -0.424 e. The molecule has 2 amide bonds. The molecule has 0 radical (unpaired) electrons. The molecule has 0 saturated heterocycles. The summed E-state index contributed by atoms with van der Waals surface area (Å²) in [5.41, 5.74) is 3.72. The van der Waals surface area contributed by atoms with E-state index in [4.69, 9.17) is 4.74 Å². The van der Waals surface area contributed by atoms with Crippen LogP contribution in [0.25, 0.3) is 0 Å². The molecule has 1 aromatic heterocycles. The molecule has 2 aromatic carbocycles. The number of benzene rings is 2. The summed E-state index contributed by atoms with van der Waals surface area (Å²) in [6.45, 7) is 2.33. The molecule has 0 unspecified atom stereocenters. The van der Waals surface area contributed by atoms with Crippen LogP contribution in [0, 0.1) is 6.92 Å². The number of aliphatic hydroxyl groups excluding tert-OH is 1. The summed E-state index contributed by atoms with van der Waals surface area (Å²) in [4.78, 5) is 22.7. The summed E-state index contributed by atoms with van der Waals surface area (Å²) >= 11 is 0. The molecular formula is C22H22N4O3. The summed E-state index contributed by atoms with van der Waals surface area (Å²) in [6.07, 6.45) is 3.99. The van der Waals surface area contributed by atoms with Crippen LogP contribution in [-0.2, 0) is 6.42 Å². The lowest BCUT2D eigenvalue weighted by Gasteiger charge is -2.36. The summed E-state index contributed by atoms with van der Waals surface area (Å²) in [7, 11) is 0. The predicted molar refractivity (Wildman–Crippen MR) is 109 cm³/mol. The number of rotatable bonds is 4. The van der Waals surface area contributed by atoms with Crippen LogP contribution < -0.4 is 10.1 Å². The molecule has 29 heavy (non-hydrogen) atoms. The topological polar surface area (TPSA) is 87.6 Å². The van der Waals surface area contributed by atoms with Gasteiger partial charge in [0.25, 0.3) is 0 Å². The third kappa shape index (κ3) is 4.05. The molecule has 1 aliphatic rings. The number of aliphatic hydroxyl groups is 1. The smallest absolute Gasteiger partial charge is 0.322 e. The zero-order chi connectivity index (χ0) is 20.2. The zero-order valence-corrected chi connectivity index (χ0v) is 16.1. The van der Waals surface area contributed by atoms with E-state index in [1.165, 1.54) is 5.56 Å². The zero-order valence-electron chi connectivity index (χ0n) is 16.1. The first kappa shape index (κ1) is 18.9. The Hall–Kier alpha value is -3.45. The number of aromatic nitrogens is 2. The standard InChI is InChI=1S/C22H22N4O3/c1-15-13-17(29-21-23-10-4-11-24-21)7-8-19(15)25-22(28)26-12-9-16-5-2-3-6-18(16)20(26)14-27/h2-8,10-11,13,20,27H,9,12,14H2,1H3,(H,25,28)/t20-/m1/s1. The number of carbonyl (C=O) groups is 1. The lowest BCUT2D eigenvalue weighted by molar-refractivity contribution is 0.135. The molecule has 0 bridgehead atoms. The molecule has 148 valence electrons. The first-order valence-electron chi connectivity index (χ1n) is 9.47. The maximum atomic E-state index is 12.9. The van der Waals surface area contributed by atoms with Gasteiger partial charge < -0.3 is 20.1 Å². The van der Waals surface area contributed by atoms with Crippen molar-refractivity contribution in [3.8, 4) is 11.8 Å². The van der Waals surface area contributed by atoms with Crippen LogP contribution in [0.4, 0.5) is 10.5 Å². The number of nitrogens with one attached hydrogen (secondary N) is 1. The first-order chi connectivity index (χ1) is 14.2. The van der Waals surface area contributed by atoms with Gasteiger partial charge in [-0.1, -0.05) is 24.3 Å². The van der Waals surface area contributed by atoms with E-state index in [2.05, 4.69) is 15.3 Å². The number of hydrogen-bond donors (Lipinski definition) is 2. The van der Waals surface area contributed by atoms with Gasteiger partial charge in [0.05, 0.1) is 12.6 Å². The van der Waals surface area contributed by atoms with Crippen molar-refractivity contribution in [2.45, 2.75) is 19.4 Å². The van der Waals surface area contributed by atoms with Crippen molar-refractivity contribution in [2.24, 2.45) is 0 Å². The highest BCUT2D eigenvalue weighted by molar-refractivity contribution is 5.90. The molecule has 1 aliphatic heterocycles. The van der Waals surface area contributed by atoms with Crippen LogP contribution in [0.5, 0.6) is 11.8 Å². The quantitative estimate of drug-likeness (QED) is 0.709. The number of anilines is 1. The Morgan fingerprint density at radius 3 is 2.76 bits per heavy atom. The van der Waals surface area contributed by atoms with Crippen LogP contribution in [-0.4, -0.2) is 39.2 Å². The number of hydrogen-bond acceptors (Lipinski definition) is 5. The molecule has 0 fully saturated rings. The largest absolute Gasteiger partial charge is 0.424 e. The average molecular weight is 390 g/mol. The Morgan fingerprint density at radius 2 is 2.00 bits per heavy atom. The van der Waals surface area contributed by atoms with Crippen molar-refractivity contribution in [2.75, 3.05) is 18.5 Å². The van der Waals surface area contributed by atoms with E-state index < -0.39 is 0 Å². The Kier molecular flexibility index (Phi) is 5.39. The van der Waals surface area contributed by atoms with E-state index >= 15 is 0 Å². The number of ether oxygens (including phenoxy) is 1. The van der Waals surface area contributed by atoms with Crippen molar-refractivity contribution in [1.82, 2.24) is 14.9 Å². The van der Waals surface area contributed by atoms with Gasteiger partial charge >= 0.3 is 12.0 Å². The minimum atomic E-state index is -0.349. The third-order valence-electron chi connectivity index (χ3n) is 5.04. The molecule has 0 saturated carbocycles. The van der Waals surface area contributed by atoms with Gasteiger partial charge in [-0.05, 0) is 54.3 Å². The Morgan fingerprint density at radius 1 is 1.21 bits per heavy atom. The number of aryl methyl sites for hydroxylation is 1. The molecule has 0 spiro atoms. The molecule has 2 heterocycles. The molecule has 7 heteroatoms. The fraction of sp³-hybridized carbons (Fsp3) is 0.227. The second kappa shape index (κ2) is 8.28. The number of urea groups is 1. The highest BCUT2D eigenvalue weighted by Gasteiger charge is 2.30. The molecular weight excluding hydrogens is 368 g/mol. The van der Waals surface area contributed by atoms with E-state index in [0.29, 0.717) is 18.0 Å². The predicted octanol–water partition coefficient (Wildman–Crippen LogP) is 3.70. The molecule has 0 aliphatic carbocycles. The van der Waals surface area contributed by atoms with Crippen molar-refractivity contribution in [3.63, 3.8) is 0 Å². The number of carbonyl (C=O) groups excluding carboxylic acids is 1. The second-order valence-corrected chi connectivity index (χ2v) is 6.88. The lowest BCUT2D eigenvalue weighted by atomic mass is 9.93. The van der Waals surface area contributed by atoms with Crippen molar-refractivity contribution < 1.29 is 14.6 Å². The number of amides is 2. The van der Waals surface area contributed by atoms with Crippen molar-refractivity contribution >= 4 is 11.7 Å². The summed E-state index contributed by atoms with van der Waals surface area (Å²) in [5.74, 6) is 0.590. The highest BCUT2D eigenvalue weighted by Crippen LogP contribution is 2.30. The van der Waals surface area contributed by atoms with Crippen molar-refractivity contribution in [1.29, 1.82) is 0 Å². The molecule has 7 nitrogen and oxygen atoms in total. The van der Waals surface area contributed by atoms with Gasteiger partial charge in [-0.2, -0.15) is 0 Å². The normalized spacial score (nSPS) is 15.5. The summed E-state index contributed by atoms with van der Waals surface area (Å²) in [5, 5.41) is 12.9. The van der Waals surface area contributed by atoms with Gasteiger partial charge in [-0.15, -0.1) is 0 Å². The van der Waals surface area contributed by atoms with Crippen LogP contribution >= 0.6 is 0 Å². The summed E-state index contributed by atoms with van der Waals surface area (Å²) in [6, 6.07) is 14.7. The van der Waals surface area contributed by atoms with Gasteiger partial charge in [-0.25, -0.2) is 14.8 Å². The number of nitrogens with zero attached hydrogens (tertiary/aromatic N) is 3. The van der Waals surface area contributed by atoms with E-state index in [9.17, 15) is 9.90 Å². The third-order valence-corrected chi connectivity index (χ3v) is 5.04. The molecule has 4 rings (SSSR count). The van der Waals surface area contributed by atoms with E-state index in [1.807, 2.05) is 37.3 Å². The van der Waals surface area contributed by atoms with Crippen LogP contribution in [0.3, 0.4) is 0 Å². The Balaban J connectivity index is 1.48. The number of fused-ring (bicyclic) bond motifs is 1. The average Bonchev–Trinajstić information content (AvgIpc) is 2.75. The van der Waals surface area contributed by atoms with Crippen molar-refractivity contribution in [3.05, 3.63) is 77.6 Å². The lowest BCUT2D eigenvalue weighted by Crippen LogP contribution is -2.43. The minimum absolute atomic E-state index is 0.118. The fourth-order valence-corrected chi connectivity index (χ4v) is 3.56. The second-order valence-electron chi connectivity index (χ2n) is 6.88. The monoisotopic (exact) mass is 390 g/mol. The fourth-order valence-electron chi connectivity index (χ4n) is 3.56. The van der Waals surface area contributed by atoms with Gasteiger partial charge in [0.2, 0.25) is 0 Å². The van der Waals surface area contributed by atoms with Gasteiger partial charge in [0.15, 0.2) is 0 Å². The summed E-state index contributed by atoms with van der Waals surface area (Å²) < 4.78 is 5.63. The Bertz CT molecular complexity index is 1010. The Labute approximate surface area is 169 Å². The maximum absolute atomic E-state index is 12.9. The van der Waals surface area contributed by atoms with Crippen LogP contribution in [0.2, 0.25) is 0 Å². The van der Waals surface area contributed by atoms with Gasteiger partial charge in [0.1, 0.15) is 5.75 Å². The van der Waals surface area contributed by atoms with E-state index in [1.54, 1.807) is 35.5 Å². The van der Waals surface area contributed by atoms with Crippen LogP contribution in [0.15, 0.2) is 60.9 Å². The first-order valence-corrected chi connectivity index (χ1v) is 9.47. The van der Waals surface area contributed by atoms with E-state index in [0.717, 1.165) is 17.5 Å². The van der Waals surface area contributed by atoms with Gasteiger partial charge in [-0.3, -0.25) is 0 Å². The maximum Gasteiger partial charge on any atom is 0.322 e. The molecule has 1 atom stereocenters. The van der Waals surface area contributed by atoms with Crippen LogP contribution in [0.1, 0.15) is 22.7 Å². The molecule has 2 N–H and O–H groups in total. The van der Waals surface area contributed by atoms with E-state index in [-0.39, 0.29) is 24.7 Å². The van der Waals surface area contributed by atoms with Gasteiger partial charge in [0, 0.05) is 24.6 Å². The SMILES string of the molecule is Cc1cc(Oc2ncccn2)ccc1NC(=O)N1CCc2ccccc2[C@H]1CO. The molecule has 3 aromatic rings. The highest BCUT2D eigenvalue weighted by atomic mass is 16.5.